The minimum atomic E-state index is -1.12. The number of anilines is 1. The summed E-state index contributed by atoms with van der Waals surface area (Å²) >= 11 is 0. The number of amides is 2. The van der Waals surface area contributed by atoms with Gasteiger partial charge in [-0.1, -0.05) is 24.3 Å². The third-order valence-electron chi connectivity index (χ3n) is 4.12. The van der Waals surface area contributed by atoms with Gasteiger partial charge in [0.25, 0.3) is 0 Å². The molecule has 0 radical (unpaired) electrons. The molecule has 0 bridgehead atoms. The maximum Gasteiger partial charge on any atom is 0.319 e. The molecule has 0 fully saturated rings. The van der Waals surface area contributed by atoms with Crippen LogP contribution in [0.1, 0.15) is 5.56 Å². The molecule has 2 unspecified atom stereocenters. The molecule has 6 nitrogen and oxygen atoms in total. The first-order valence-electron chi connectivity index (χ1n) is 8.23. The minimum Gasteiger partial charge on any atom is -0.394 e. The predicted molar refractivity (Wildman–Crippen MR) is 104 cm³/mol. The first kappa shape index (κ1) is 18.2. The number of carbonyl (C=O) groups is 1. The monoisotopic (exact) mass is 371 g/mol. The third kappa shape index (κ3) is 4.30. The molecule has 0 aliphatic heterocycles. The predicted octanol–water partition coefficient (Wildman–Crippen LogP) is 2.63. The molecule has 26 heavy (non-hydrogen) atoms. The molecule has 3 rings (SSSR count). The Balaban J connectivity index is 1.65. The summed E-state index contributed by atoms with van der Waals surface area (Å²) in [5, 5.41) is 16.2. The highest BCUT2D eigenvalue weighted by Crippen LogP contribution is 2.19. The number of aromatic amines is 1. The lowest BCUT2D eigenvalue weighted by atomic mass is 10.1. The molecule has 136 valence electrons. The van der Waals surface area contributed by atoms with Gasteiger partial charge in [0.2, 0.25) is 0 Å². The normalized spacial score (nSPS) is 13.3. The smallest absolute Gasteiger partial charge is 0.319 e. The van der Waals surface area contributed by atoms with Gasteiger partial charge in [-0.05, 0) is 36.2 Å². The van der Waals surface area contributed by atoms with Crippen LogP contribution < -0.4 is 10.6 Å². The summed E-state index contributed by atoms with van der Waals surface area (Å²) in [7, 11) is -1.12. The second-order valence-corrected chi connectivity index (χ2v) is 7.40. The zero-order valence-electron chi connectivity index (χ0n) is 14.4. The van der Waals surface area contributed by atoms with Crippen LogP contribution in [-0.2, 0) is 17.2 Å². The Morgan fingerprint density at radius 1 is 1.23 bits per heavy atom. The van der Waals surface area contributed by atoms with Crippen LogP contribution in [0.5, 0.6) is 0 Å². The molecule has 2 atom stereocenters. The molecule has 3 aromatic rings. The van der Waals surface area contributed by atoms with Gasteiger partial charge in [0, 0.05) is 44.7 Å². The molecular weight excluding hydrogens is 350 g/mol. The van der Waals surface area contributed by atoms with Gasteiger partial charge in [-0.2, -0.15) is 0 Å². The molecule has 7 heteroatoms. The van der Waals surface area contributed by atoms with Gasteiger partial charge in [-0.25, -0.2) is 4.79 Å². The summed E-state index contributed by atoms with van der Waals surface area (Å²) in [5.41, 5.74) is 2.61. The third-order valence-corrected chi connectivity index (χ3v) is 5.04. The van der Waals surface area contributed by atoms with E-state index in [1.807, 2.05) is 30.5 Å². The summed E-state index contributed by atoms with van der Waals surface area (Å²) in [6.07, 6.45) is 3.99. The maximum atomic E-state index is 12.2. The highest BCUT2D eigenvalue weighted by molar-refractivity contribution is 7.84. The Kier molecular flexibility index (Phi) is 5.70. The Morgan fingerprint density at radius 3 is 2.81 bits per heavy atom. The first-order chi connectivity index (χ1) is 12.6. The van der Waals surface area contributed by atoms with E-state index in [1.165, 1.54) is 0 Å². The molecule has 1 aromatic heterocycles. The Hall–Kier alpha value is -2.64. The second-order valence-electron chi connectivity index (χ2n) is 6.02. The number of nitrogens with one attached hydrogen (secondary N) is 3. The zero-order valence-corrected chi connectivity index (χ0v) is 15.2. The van der Waals surface area contributed by atoms with E-state index in [9.17, 15) is 14.1 Å². The molecule has 0 saturated heterocycles. The number of benzene rings is 2. The topological polar surface area (TPSA) is 94.2 Å². The summed E-state index contributed by atoms with van der Waals surface area (Å²) in [6.45, 7) is -0.175. The van der Waals surface area contributed by atoms with E-state index in [1.54, 1.807) is 30.5 Å². The second kappa shape index (κ2) is 8.16. The first-order valence-corrected chi connectivity index (χ1v) is 9.79. The highest BCUT2D eigenvalue weighted by atomic mass is 32.2. The van der Waals surface area contributed by atoms with E-state index in [2.05, 4.69) is 15.6 Å². The molecule has 2 aromatic carbocycles. The largest absolute Gasteiger partial charge is 0.394 e. The average Bonchev–Trinajstić information content (AvgIpc) is 3.04. The van der Waals surface area contributed by atoms with E-state index < -0.39 is 22.9 Å². The van der Waals surface area contributed by atoms with Crippen molar-refractivity contribution in [3.63, 3.8) is 0 Å². The molecule has 0 aliphatic rings. The number of fused-ring (bicyclic) bond motifs is 1. The van der Waals surface area contributed by atoms with Crippen LogP contribution in [-0.4, -0.2) is 39.2 Å². The van der Waals surface area contributed by atoms with Crippen molar-refractivity contribution in [3.05, 3.63) is 60.3 Å². The van der Waals surface area contributed by atoms with Crippen molar-refractivity contribution in [2.75, 3.05) is 18.2 Å². The molecule has 0 spiro atoms. The molecule has 4 N–H and O–H groups in total. The van der Waals surface area contributed by atoms with Gasteiger partial charge >= 0.3 is 6.03 Å². The summed E-state index contributed by atoms with van der Waals surface area (Å²) < 4.78 is 11.5. The van der Waals surface area contributed by atoms with E-state index in [0.29, 0.717) is 17.0 Å². The average molecular weight is 371 g/mol. The fourth-order valence-electron chi connectivity index (χ4n) is 2.83. The van der Waals surface area contributed by atoms with Crippen molar-refractivity contribution >= 4 is 33.4 Å². The minimum absolute atomic E-state index is 0.175. The van der Waals surface area contributed by atoms with Crippen LogP contribution in [0.4, 0.5) is 10.5 Å². The Bertz CT molecular complexity index is 938. The number of aliphatic hydroxyl groups is 1. The van der Waals surface area contributed by atoms with Crippen molar-refractivity contribution in [1.82, 2.24) is 10.3 Å². The fraction of sp³-hybridized carbons (Fsp3) is 0.211. The number of para-hydroxylation sites is 1. The van der Waals surface area contributed by atoms with Gasteiger partial charge in [0.05, 0.1) is 12.6 Å². The number of aliphatic hydroxyl groups excluding tert-OH is 1. The van der Waals surface area contributed by atoms with Crippen molar-refractivity contribution in [1.29, 1.82) is 0 Å². The molecular formula is C19H21N3O3S. The van der Waals surface area contributed by atoms with Gasteiger partial charge in [0.15, 0.2) is 0 Å². The molecule has 0 saturated carbocycles. The standard InChI is InChI=1S/C19H21N3O3S/c1-26(25)16-6-4-5-14(10-16)21-19(24)22-15(12-23)9-13-11-20-18-8-3-2-7-17(13)18/h2-8,10-11,15,20,23H,9,12H2,1H3,(H2,21,22,24). The van der Waals surface area contributed by atoms with Gasteiger partial charge in [-0.15, -0.1) is 0 Å². The zero-order chi connectivity index (χ0) is 18.5. The quantitative estimate of drug-likeness (QED) is 0.536. The van der Waals surface area contributed by atoms with Crippen LogP contribution in [0.2, 0.25) is 0 Å². The van der Waals surface area contributed by atoms with Crippen LogP contribution >= 0.6 is 0 Å². The van der Waals surface area contributed by atoms with Crippen LogP contribution in [0.15, 0.2) is 59.6 Å². The Morgan fingerprint density at radius 2 is 2.04 bits per heavy atom. The van der Waals surface area contributed by atoms with Gasteiger partial charge in [-0.3, -0.25) is 4.21 Å². The lowest BCUT2D eigenvalue weighted by Crippen LogP contribution is -2.41. The van der Waals surface area contributed by atoms with Crippen molar-refractivity contribution < 1.29 is 14.1 Å². The SMILES string of the molecule is CS(=O)c1cccc(NC(=O)NC(CO)Cc2c[nH]c3ccccc23)c1. The van der Waals surface area contributed by atoms with Gasteiger partial charge < -0.3 is 20.7 Å². The summed E-state index contributed by atoms with van der Waals surface area (Å²) in [5.74, 6) is 0. The number of aromatic nitrogens is 1. The Labute approximate surface area is 154 Å². The van der Waals surface area contributed by atoms with Gasteiger partial charge in [0.1, 0.15) is 0 Å². The summed E-state index contributed by atoms with van der Waals surface area (Å²) in [4.78, 5) is 16.1. The van der Waals surface area contributed by atoms with Crippen molar-refractivity contribution in [2.24, 2.45) is 0 Å². The number of H-pyrrole nitrogens is 1. The number of carbonyl (C=O) groups excluding carboxylic acids is 1. The summed E-state index contributed by atoms with van der Waals surface area (Å²) in [6, 6.07) is 13.9. The van der Waals surface area contributed by atoms with E-state index in [-0.39, 0.29) is 6.61 Å². The van der Waals surface area contributed by atoms with E-state index in [0.717, 1.165) is 16.5 Å². The van der Waals surface area contributed by atoms with Crippen molar-refractivity contribution in [2.45, 2.75) is 17.4 Å². The number of hydrogen-bond acceptors (Lipinski definition) is 3. The molecule has 2 amide bonds. The van der Waals surface area contributed by atoms with Crippen LogP contribution in [0, 0.1) is 0 Å². The maximum absolute atomic E-state index is 12.2. The van der Waals surface area contributed by atoms with Crippen molar-refractivity contribution in [3.8, 4) is 0 Å². The number of urea groups is 1. The molecule has 0 aliphatic carbocycles. The van der Waals surface area contributed by atoms with Crippen LogP contribution in [0.25, 0.3) is 10.9 Å². The number of hydrogen-bond donors (Lipinski definition) is 4. The van der Waals surface area contributed by atoms with Crippen LogP contribution in [0.3, 0.4) is 0 Å². The lowest BCUT2D eigenvalue weighted by molar-refractivity contribution is 0.224. The van der Waals surface area contributed by atoms with E-state index in [4.69, 9.17) is 0 Å². The lowest BCUT2D eigenvalue weighted by Gasteiger charge is -2.17. The highest BCUT2D eigenvalue weighted by Gasteiger charge is 2.15. The number of rotatable bonds is 6. The molecule has 1 heterocycles. The van der Waals surface area contributed by atoms with E-state index >= 15 is 0 Å². The fourth-order valence-corrected chi connectivity index (χ4v) is 3.40.